The minimum atomic E-state index is 0.629. The van der Waals surface area contributed by atoms with Crippen molar-refractivity contribution in [2.45, 2.75) is 0 Å². The molecule has 49 heavy (non-hydrogen) atoms. The van der Waals surface area contributed by atoms with E-state index in [0.29, 0.717) is 5.89 Å². The molecule has 8 aromatic carbocycles. The first-order valence-electron chi connectivity index (χ1n) is 16.6. The van der Waals surface area contributed by atoms with Gasteiger partial charge in [0.2, 0.25) is 5.89 Å². The molecule has 0 aliphatic rings. The Balaban J connectivity index is 1.22. The number of nitrogens with zero attached hydrogens (tertiary/aromatic N) is 3. The molecule has 10 aromatic rings. The number of rotatable bonds is 5. The van der Waals surface area contributed by atoms with Crippen molar-refractivity contribution >= 4 is 71.5 Å². The van der Waals surface area contributed by atoms with E-state index in [2.05, 4.69) is 149 Å². The minimum absolute atomic E-state index is 0.629. The van der Waals surface area contributed by atoms with E-state index in [-0.39, 0.29) is 0 Å². The minimum Gasteiger partial charge on any atom is -0.436 e. The van der Waals surface area contributed by atoms with Gasteiger partial charge in [-0.05, 0) is 89.0 Å². The van der Waals surface area contributed by atoms with Crippen LogP contribution in [0.4, 0.5) is 17.1 Å². The third-order valence-corrected chi connectivity index (χ3v) is 9.57. The van der Waals surface area contributed by atoms with Crippen molar-refractivity contribution in [1.29, 1.82) is 0 Å². The normalized spacial score (nSPS) is 11.7. The molecule has 2 heterocycles. The van der Waals surface area contributed by atoms with Gasteiger partial charge in [0.1, 0.15) is 5.52 Å². The second kappa shape index (κ2) is 11.0. The van der Waals surface area contributed by atoms with Crippen molar-refractivity contribution in [1.82, 2.24) is 9.55 Å². The van der Waals surface area contributed by atoms with Crippen molar-refractivity contribution in [3.05, 3.63) is 176 Å². The zero-order valence-corrected chi connectivity index (χ0v) is 26.5. The fourth-order valence-corrected chi connectivity index (χ4v) is 7.34. The zero-order chi connectivity index (χ0) is 32.3. The molecule has 0 amide bonds. The number of anilines is 3. The van der Waals surface area contributed by atoms with Gasteiger partial charge in [-0.15, -0.1) is 0 Å². The third kappa shape index (κ3) is 4.42. The van der Waals surface area contributed by atoms with E-state index >= 15 is 0 Å². The molecule has 0 spiro atoms. The molecule has 4 nitrogen and oxygen atoms in total. The third-order valence-electron chi connectivity index (χ3n) is 9.57. The molecule has 0 aliphatic carbocycles. The fourth-order valence-electron chi connectivity index (χ4n) is 7.34. The van der Waals surface area contributed by atoms with Crippen molar-refractivity contribution in [2.24, 2.45) is 0 Å². The Bertz CT molecular complexity index is 2820. The smallest absolute Gasteiger partial charge is 0.227 e. The lowest BCUT2D eigenvalue weighted by atomic mass is 9.99. The van der Waals surface area contributed by atoms with Gasteiger partial charge in [-0.3, -0.25) is 0 Å². The maximum Gasteiger partial charge on any atom is 0.227 e. The Hall–Kier alpha value is -6.65. The Kier molecular flexibility index (Phi) is 6.15. The summed E-state index contributed by atoms with van der Waals surface area (Å²) in [4.78, 5) is 7.41. The average molecular weight is 628 g/mol. The first-order valence-corrected chi connectivity index (χ1v) is 16.6. The zero-order valence-electron chi connectivity index (χ0n) is 26.5. The highest BCUT2D eigenvalue weighted by atomic mass is 16.3. The van der Waals surface area contributed by atoms with Gasteiger partial charge in [-0.1, -0.05) is 103 Å². The molecule has 0 radical (unpaired) electrons. The number of para-hydroxylation sites is 3. The maximum absolute atomic E-state index is 6.32. The molecule has 0 N–H and O–H groups in total. The van der Waals surface area contributed by atoms with Crippen molar-refractivity contribution in [3.8, 4) is 17.1 Å². The van der Waals surface area contributed by atoms with Crippen molar-refractivity contribution in [2.75, 3.05) is 4.90 Å². The first kappa shape index (κ1) is 27.5. The maximum atomic E-state index is 6.32. The van der Waals surface area contributed by atoms with Crippen LogP contribution in [-0.2, 0) is 0 Å². The van der Waals surface area contributed by atoms with Crippen LogP contribution in [0.25, 0.3) is 71.6 Å². The van der Waals surface area contributed by atoms with E-state index in [4.69, 9.17) is 9.40 Å². The molecule has 0 atom stereocenters. The standard InChI is InChI=1S/C45H29N3O/c1-4-12-32(13-5-1)45-46-44-42(49-45)27-23-31-21-20-30-22-24-35(28-39(30)43(31)44)47(33-14-6-2-7-15-33)36-25-26-38-37-18-10-11-19-40(37)48(41(38)29-36)34-16-8-3-9-17-34/h1-29H. The first-order chi connectivity index (χ1) is 24.3. The number of hydrogen-bond donors (Lipinski definition) is 0. The molecule has 4 heteroatoms. The van der Waals surface area contributed by atoms with Gasteiger partial charge in [0.25, 0.3) is 0 Å². The summed E-state index contributed by atoms with van der Waals surface area (Å²) in [6, 6.07) is 62.1. The lowest BCUT2D eigenvalue weighted by Gasteiger charge is -2.26. The van der Waals surface area contributed by atoms with Gasteiger partial charge >= 0.3 is 0 Å². The highest BCUT2D eigenvalue weighted by Crippen LogP contribution is 2.42. The van der Waals surface area contributed by atoms with E-state index in [1.165, 1.54) is 16.3 Å². The van der Waals surface area contributed by atoms with Crippen molar-refractivity contribution in [3.63, 3.8) is 0 Å². The van der Waals surface area contributed by atoms with Gasteiger partial charge in [0.15, 0.2) is 5.58 Å². The van der Waals surface area contributed by atoms with Crippen LogP contribution in [-0.4, -0.2) is 9.55 Å². The van der Waals surface area contributed by atoms with Crippen LogP contribution >= 0.6 is 0 Å². The lowest BCUT2D eigenvalue weighted by Crippen LogP contribution is -2.10. The van der Waals surface area contributed by atoms with Crippen LogP contribution in [0.3, 0.4) is 0 Å². The summed E-state index contributed by atoms with van der Waals surface area (Å²) < 4.78 is 8.69. The topological polar surface area (TPSA) is 34.2 Å². The van der Waals surface area contributed by atoms with Gasteiger partial charge in [0.05, 0.1) is 11.0 Å². The summed E-state index contributed by atoms with van der Waals surface area (Å²) in [7, 11) is 0. The average Bonchev–Trinajstić information content (AvgIpc) is 3.75. The second-order valence-electron chi connectivity index (χ2n) is 12.4. The Morgan fingerprint density at radius 1 is 0.469 bits per heavy atom. The van der Waals surface area contributed by atoms with Crippen LogP contribution in [0.1, 0.15) is 0 Å². The van der Waals surface area contributed by atoms with Gasteiger partial charge < -0.3 is 13.9 Å². The van der Waals surface area contributed by atoms with E-state index in [1.807, 2.05) is 36.4 Å². The quantitative estimate of drug-likeness (QED) is 0.178. The number of fused-ring (bicyclic) bond motifs is 8. The SMILES string of the molecule is c1ccc(-c2nc3c(ccc4ccc5ccc(N(c6ccccc6)c6ccc7c8ccccc8n(-c8ccccc8)c7c6)cc5c43)o2)cc1. The van der Waals surface area contributed by atoms with Crippen LogP contribution in [0, 0.1) is 0 Å². The van der Waals surface area contributed by atoms with E-state index in [0.717, 1.165) is 66.5 Å². The molecule has 0 unspecified atom stereocenters. The predicted molar refractivity (Wildman–Crippen MR) is 203 cm³/mol. The number of aromatic nitrogens is 2. The molecule has 0 aliphatic heterocycles. The van der Waals surface area contributed by atoms with E-state index < -0.39 is 0 Å². The number of oxazole rings is 1. The molecule has 0 fully saturated rings. The Labute approximate surface area is 282 Å². The summed E-state index contributed by atoms with van der Waals surface area (Å²) in [6.45, 7) is 0. The highest BCUT2D eigenvalue weighted by Gasteiger charge is 2.19. The summed E-state index contributed by atoms with van der Waals surface area (Å²) in [5.41, 5.74) is 9.34. The molecule has 0 saturated heterocycles. The van der Waals surface area contributed by atoms with Gasteiger partial charge in [-0.25, -0.2) is 4.98 Å². The largest absolute Gasteiger partial charge is 0.436 e. The van der Waals surface area contributed by atoms with Gasteiger partial charge in [-0.2, -0.15) is 0 Å². The summed E-state index contributed by atoms with van der Waals surface area (Å²) in [6.07, 6.45) is 0. The molecule has 230 valence electrons. The predicted octanol–water partition coefficient (Wildman–Crippen LogP) is 12.4. The van der Waals surface area contributed by atoms with E-state index in [9.17, 15) is 0 Å². The van der Waals surface area contributed by atoms with Crippen molar-refractivity contribution < 1.29 is 4.42 Å². The fraction of sp³-hybridized carbons (Fsp3) is 0. The van der Waals surface area contributed by atoms with Crippen LogP contribution in [0.15, 0.2) is 180 Å². The molecule has 0 bridgehead atoms. The summed E-state index contributed by atoms with van der Waals surface area (Å²) in [5.74, 6) is 0.629. The summed E-state index contributed by atoms with van der Waals surface area (Å²) >= 11 is 0. The van der Waals surface area contributed by atoms with Crippen LogP contribution in [0.2, 0.25) is 0 Å². The van der Waals surface area contributed by atoms with Crippen LogP contribution < -0.4 is 4.90 Å². The molecule has 2 aromatic heterocycles. The van der Waals surface area contributed by atoms with Gasteiger partial charge in [0, 0.05) is 44.5 Å². The summed E-state index contributed by atoms with van der Waals surface area (Å²) in [5, 5.41) is 6.97. The molecule has 10 rings (SSSR count). The Morgan fingerprint density at radius 2 is 1.10 bits per heavy atom. The number of benzene rings is 8. The monoisotopic (exact) mass is 627 g/mol. The second-order valence-corrected chi connectivity index (χ2v) is 12.4. The molecular weight excluding hydrogens is 599 g/mol. The van der Waals surface area contributed by atoms with E-state index in [1.54, 1.807) is 0 Å². The number of hydrogen-bond acceptors (Lipinski definition) is 3. The highest BCUT2D eigenvalue weighted by molar-refractivity contribution is 6.19. The Morgan fingerprint density at radius 3 is 1.94 bits per heavy atom. The molecule has 0 saturated carbocycles. The molecular formula is C45H29N3O. The lowest BCUT2D eigenvalue weighted by molar-refractivity contribution is 0.620. The van der Waals surface area contributed by atoms with Crippen LogP contribution in [0.5, 0.6) is 0 Å².